The van der Waals surface area contributed by atoms with Gasteiger partial charge in [-0.2, -0.15) is 0 Å². The van der Waals surface area contributed by atoms with Crippen LogP contribution in [0.1, 0.15) is 43.7 Å². The van der Waals surface area contributed by atoms with Crippen LogP contribution in [0, 0.1) is 12.8 Å². The van der Waals surface area contributed by atoms with E-state index in [0.29, 0.717) is 6.04 Å². The molecule has 1 aromatic rings. The maximum atomic E-state index is 8.98. The van der Waals surface area contributed by atoms with E-state index in [1.807, 2.05) is 12.1 Å². The van der Waals surface area contributed by atoms with Gasteiger partial charge in [-0.3, -0.25) is 0 Å². The maximum absolute atomic E-state index is 8.98. The zero-order valence-corrected chi connectivity index (χ0v) is 12.6. The Morgan fingerprint density at radius 1 is 1.40 bits per heavy atom. The summed E-state index contributed by atoms with van der Waals surface area (Å²) >= 11 is 0. The van der Waals surface area contributed by atoms with E-state index in [9.17, 15) is 0 Å². The van der Waals surface area contributed by atoms with Gasteiger partial charge in [-0.15, -0.1) is 0 Å². The van der Waals surface area contributed by atoms with Crippen molar-refractivity contribution in [1.29, 1.82) is 0 Å². The lowest BCUT2D eigenvalue weighted by Crippen LogP contribution is -2.37. The first kappa shape index (κ1) is 14.7. The van der Waals surface area contributed by atoms with Gasteiger partial charge in [0.25, 0.3) is 0 Å². The predicted molar refractivity (Wildman–Crippen MR) is 83.5 cm³/mol. The smallest absolute Gasteiger partial charge is 0.172 e. The number of hydrogen-bond acceptors (Lipinski definition) is 3. The molecule has 3 N–H and O–H groups in total. The number of hydrogen-bond donors (Lipinski definition) is 2. The van der Waals surface area contributed by atoms with Crippen LogP contribution >= 0.6 is 0 Å². The van der Waals surface area contributed by atoms with E-state index in [-0.39, 0.29) is 5.84 Å². The van der Waals surface area contributed by atoms with Crippen molar-refractivity contribution in [3.05, 3.63) is 29.3 Å². The first-order chi connectivity index (χ1) is 9.54. The minimum Gasteiger partial charge on any atom is -0.409 e. The van der Waals surface area contributed by atoms with Gasteiger partial charge in [0.1, 0.15) is 0 Å². The Hall–Kier alpha value is -1.71. The molecule has 0 saturated heterocycles. The number of nitrogens with two attached hydrogens (primary N) is 1. The zero-order valence-electron chi connectivity index (χ0n) is 12.6. The molecule has 1 aliphatic rings. The van der Waals surface area contributed by atoms with Crippen molar-refractivity contribution in [3.63, 3.8) is 0 Å². The number of rotatable bonds is 3. The van der Waals surface area contributed by atoms with E-state index in [1.54, 1.807) is 0 Å². The fourth-order valence-corrected chi connectivity index (χ4v) is 3.32. The van der Waals surface area contributed by atoms with E-state index in [2.05, 4.69) is 37.0 Å². The van der Waals surface area contributed by atoms with Gasteiger partial charge in [0.2, 0.25) is 0 Å². The monoisotopic (exact) mass is 275 g/mol. The average molecular weight is 275 g/mol. The van der Waals surface area contributed by atoms with Crippen molar-refractivity contribution < 1.29 is 5.21 Å². The molecule has 2 unspecified atom stereocenters. The number of benzene rings is 1. The third-order valence-electron chi connectivity index (χ3n) is 4.43. The zero-order chi connectivity index (χ0) is 14.7. The fourth-order valence-electron chi connectivity index (χ4n) is 3.32. The summed E-state index contributed by atoms with van der Waals surface area (Å²) in [6.07, 6.45) is 5.03. The molecular formula is C16H25N3O. The lowest BCUT2D eigenvalue weighted by atomic mass is 9.86. The SMILES string of the molecule is Cc1cccc(/C(N)=N/O)c1N(C)C1CCCC(C)C1. The molecule has 1 saturated carbocycles. The minimum absolute atomic E-state index is 0.180. The van der Waals surface area contributed by atoms with Gasteiger partial charge in [0.15, 0.2) is 5.84 Å². The molecular weight excluding hydrogens is 250 g/mol. The van der Waals surface area contributed by atoms with Gasteiger partial charge in [-0.05, 0) is 37.3 Å². The predicted octanol–water partition coefficient (Wildman–Crippen LogP) is 3.10. The van der Waals surface area contributed by atoms with Gasteiger partial charge < -0.3 is 15.8 Å². The lowest BCUT2D eigenvalue weighted by molar-refractivity contribution is 0.318. The normalized spacial score (nSPS) is 23.6. The first-order valence-electron chi connectivity index (χ1n) is 7.35. The Kier molecular flexibility index (Phi) is 4.53. The lowest BCUT2D eigenvalue weighted by Gasteiger charge is -2.37. The summed E-state index contributed by atoms with van der Waals surface area (Å²) < 4.78 is 0. The second kappa shape index (κ2) is 6.16. The molecule has 0 aliphatic heterocycles. The molecule has 0 heterocycles. The minimum atomic E-state index is 0.180. The Labute approximate surface area is 121 Å². The van der Waals surface area contributed by atoms with Crippen molar-refractivity contribution in [3.8, 4) is 0 Å². The van der Waals surface area contributed by atoms with Crippen LogP contribution in [0.3, 0.4) is 0 Å². The molecule has 0 amide bonds. The van der Waals surface area contributed by atoms with Crippen LogP contribution in [-0.2, 0) is 0 Å². The molecule has 0 radical (unpaired) electrons. The molecule has 2 atom stereocenters. The van der Waals surface area contributed by atoms with E-state index in [1.165, 1.54) is 25.7 Å². The van der Waals surface area contributed by atoms with Crippen LogP contribution in [0.25, 0.3) is 0 Å². The van der Waals surface area contributed by atoms with Gasteiger partial charge in [0.05, 0.1) is 5.69 Å². The van der Waals surface area contributed by atoms with Crippen molar-refractivity contribution in [2.45, 2.75) is 45.6 Å². The molecule has 0 aromatic heterocycles. The summed E-state index contributed by atoms with van der Waals surface area (Å²) in [4.78, 5) is 2.32. The highest BCUT2D eigenvalue weighted by atomic mass is 16.4. The summed E-state index contributed by atoms with van der Waals surface area (Å²) in [5, 5.41) is 12.2. The van der Waals surface area contributed by atoms with Crippen LogP contribution in [0.15, 0.2) is 23.4 Å². The average Bonchev–Trinajstić information content (AvgIpc) is 2.45. The Morgan fingerprint density at radius 3 is 2.80 bits per heavy atom. The Morgan fingerprint density at radius 2 is 2.15 bits per heavy atom. The molecule has 0 bridgehead atoms. The van der Waals surface area contributed by atoms with E-state index in [4.69, 9.17) is 10.9 Å². The summed E-state index contributed by atoms with van der Waals surface area (Å²) in [6.45, 7) is 4.40. The molecule has 4 heteroatoms. The summed E-state index contributed by atoms with van der Waals surface area (Å²) in [5.74, 6) is 0.951. The number of amidine groups is 1. The van der Waals surface area contributed by atoms with Crippen LogP contribution in [0.4, 0.5) is 5.69 Å². The molecule has 110 valence electrons. The molecule has 1 aliphatic carbocycles. The van der Waals surface area contributed by atoms with Gasteiger partial charge in [-0.25, -0.2) is 0 Å². The molecule has 4 nitrogen and oxygen atoms in total. The van der Waals surface area contributed by atoms with Crippen molar-refractivity contribution in [1.82, 2.24) is 0 Å². The highest BCUT2D eigenvalue weighted by Crippen LogP contribution is 2.33. The third kappa shape index (κ3) is 2.89. The molecule has 20 heavy (non-hydrogen) atoms. The van der Waals surface area contributed by atoms with E-state index >= 15 is 0 Å². The number of nitrogens with zero attached hydrogens (tertiary/aromatic N) is 2. The van der Waals surface area contributed by atoms with Crippen LogP contribution < -0.4 is 10.6 Å². The molecule has 0 spiro atoms. The second-order valence-electron chi connectivity index (χ2n) is 5.99. The van der Waals surface area contributed by atoms with E-state index < -0.39 is 0 Å². The largest absolute Gasteiger partial charge is 0.409 e. The number of oxime groups is 1. The topological polar surface area (TPSA) is 61.9 Å². The van der Waals surface area contributed by atoms with Gasteiger partial charge in [-0.1, -0.05) is 37.1 Å². The second-order valence-corrected chi connectivity index (χ2v) is 5.99. The standard InChI is InChI=1S/C16H25N3O/c1-11-6-4-8-13(10-11)19(3)15-12(2)7-5-9-14(15)16(17)18-20/h5,7,9,11,13,20H,4,6,8,10H2,1-3H3,(H2,17,18). The Balaban J connectivity index is 2.35. The highest BCUT2D eigenvalue weighted by molar-refractivity contribution is 6.02. The quantitative estimate of drug-likeness (QED) is 0.385. The van der Waals surface area contributed by atoms with Crippen LogP contribution in [0.5, 0.6) is 0 Å². The van der Waals surface area contributed by atoms with Gasteiger partial charge in [0, 0.05) is 18.7 Å². The first-order valence-corrected chi connectivity index (χ1v) is 7.35. The van der Waals surface area contributed by atoms with Crippen LogP contribution in [0.2, 0.25) is 0 Å². The van der Waals surface area contributed by atoms with Gasteiger partial charge >= 0.3 is 0 Å². The Bertz CT molecular complexity index is 498. The van der Waals surface area contributed by atoms with Crippen molar-refractivity contribution >= 4 is 11.5 Å². The van der Waals surface area contributed by atoms with Crippen molar-refractivity contribution in [2.75, 3.05) is 11.9 Å². The summed E-state index contributed by atoms with van der Waals surface area (Å²) in [7, 11) is 2.12. The molecule has 1 fully saturated rings. The number of aryl methyl sites for hydroxylation is 1. The summed E-state index contributed by atoms with van der Waals surface area (Å²) in [5.41, 5.74) is 8.89. The number of anilines is 1. The fraction of sp³-hybridized carbons (Fsp3) is 0.562. The third-order valence-corrected chi connectivity index (χ3v) is 4.43. The molecule has 1 aromatic carbocycles. The maximum Gasteiger partial charge on any atom is 0.172 e. The van der Waals surface area contributed by atoms with Crippen LogP contribution in [-0.4, -0.2) is 24.1 Å². The van der Waals surface area contributed by atoms with Crippen molar-refractivity contribution in [2.24, 2.45) is 16.8 Å². The van der Waals surface area contributed by atoms with E-state index in [0.717, 1.165) is 22.7 Å². The number of para-hydroxylation sites is 1. The highest BCUT2D eigenvalue weighted by Gasteiger charge is 2.25. The summed E-state index contributed by atoms with van der Waals surface area (Å²) in [6, 6.07) is 6.47. The molecule has 2 rings (SSSR count).